The number of piperidine rings is 1. The van der Waals surface area contributed by atoms with Crippen molar-refractivity contribution in [3.05, 3.63) is 0 Å². The lowest BCUT2D eigenvalue weighted by molar-refractivity contribution is 0.151. The van der Waals surface area contributed by atoms with Crippen molar-refractivity contribution in [2.24, 2.45) is 0 Å². The number of hydrogen-bond acceptors (Lipinski definition) is 2. The SMILES string of the molecule is CCCNC(C)C1CCCCN1C. The van der Waals surface area contributed by atoms with Gasteiger partial charge < -0.3 is 10.2 Å². The van der Waals surface area contributed by atoms with Crippen molar-refractivity contribution in [2.75, 3.05) is 20.1 Å². The van der Waals surface area contributed by atoms with Gasteiger partial charge in [0.15, 0.2) is 0 Å². The first-order valence-corrected chi connectivity index (χ1v) is 5.69. The molecule has 0 aromatic carbocycles. The first-order chi connectivity index (χ1) is 6.25. The highest BCUT2D eigenvalue weighted by Gasteiger charge is 2.23. The summed E-state index contributed by atoms with van der Waals surface area (Å²) in [5.74, 6) is 0. The van der Waals surface area contributed by atoms with E-state index >= 15 is 0 Å². The Morgan fingerprint density at radius 3 is 2.85 bits per heavy atom. The van der Waals surface area contributed by atoms with Crippen molar-refractivity contribution in [2.45, 2.75) is 51.6 Å². The Kier molecular flexibility index (Phi) is 4.74. The largest absolute Gasteiger partial charge is 0.313 e. The van der Waals surface area contributed by atoms with Crippen LogP contribution in [0.15, 0.2) is 0 Å². The summed E-state index contributed by atoms with van der Waals surface area (Å²) in [4.78, 5) is 2.51. The van der Waals surface area contributed by atoms with E-state index in [0.717, 1.165) is 12.6 Å². The molecule has 1 rings (SSSR count). The quantitative estimate of drug-likeness (QED) is 0.717. The molecule has 0 saturated carbocycles. The number of nitrogens with zero attached hydrogens (tertiary/aromatic N) is 1. The van der Waals surface area contributed by atoms with Crippen molar-refractivity contribution in [3.8, 4) is 0 Å². The molecular weight excluding hydrogens is 160 g/mol. The van der Waals surface area contributed by atoms with Gasteiger partial charge in [-0.05, 0) is 46.3 Å². The molecule has 78 valence electrons. The number of nitrogens with one attached hydrogen (secondary N) is 1. The van der Waals surface area contributed by atoms with E-state index in [1.165, 1.54) is 32.2 Å². The van der Waals surface area contributed by atoms with Crippen molar-refractivity contribution >= 4 is 0 Å². The van der Waals surface area contributed by atoms with Gasteiger partial charge in [0, 0.05) is 12.1 Å². The van der Waals surface area contributed by atoms with E-state index < -0.39 is 0 Å². The molecule has 1 fully saturated rings. The predicted molar refractivity (Wildman–Crippen MR) is 58.0 cm³/mol. The summed E-state index contributed by atoms with van der Waals surface area (Å²) in [5.41, 5.74) is 0. The predicted octanol–water partition coefficient (Wildman–Crippen LogP) is 1.86. The Labute approximate surface area is 82.7 Å². The highest BCUT2D eigenvalue weighted by Crippen LogP contribution is 2.17. The summed E-state index contributed by atoms with van der Waals surface area (Å²) < 4.78 is 0. The zero-order valence-electron chi connectivity index (χ0n) is 9.34. The molecule has 2 atom stereocenters. The fourth-order valence-corrected chi connectivity index (χ4v) is 2.24. The van der Waals surface area contributed by atoms with Crippen LogP contribution >= 0.6 is 0 Å². The first kappa shape index (κ1) is 11.0. The van der Waals surface area contributed by atoms with Crippen LogP contribution in [0.4, 0.5) is 0 Å². The topological polar surface area (TPSA) is 15.3 Å². The average molecular weight is 184 g/mol. The number of likely N-dealkylation sites (tertiary alicyclic amines) is 1. The van der Waals surface area contributed by atoms with E-state index in [1.54, 1.807) is 0 Å². The van der Waals surface area contributed by atoms with Crippen LogP contribution in [-0.2, 0) is 0 Å². The van der Waals surface area contributed by atoms with E-state index in [4.69, 9.17) is 0 Å². The molecule has 1 N–H and O–H groups in total. The summed E-state index contributed by atoms with van der Waals surface area (Å²) in [6, 6.07) is 1.42. The maximum atomic E-state index is 3.59. The Morgan fingerprint density at radius 2 is 2.23 bits per heavy atom. The van der Waals surface area contributed by atoms with Crippen LogP contribution in [0.5, 0.6) is 0 Å². The van der Waals surface area contributed by atoms with Crippen molar-refractivity contribution in [3.63, 3.8) is 0 Å². The molecule has 0 radical (unpaired) electrons. The molecule has 0 spiro atoms. The second kappa shape index (κ2) is 5.61. The monoisotopic (exact) mass is 184 g/mol. The third-order valence-electron chi connectivity index (χ3n) is 3.12. The number of likely N-dealkylation sites (N-methyl/N-ethyl adjacent to an activating group) is 1. The number of hydrogen-bond donors (Lipinski definition) is 1. The Bertz CT molecular complexity index is 136. The zero-order valence-corrected chi connectivity index (χ0v) is 9.34. The van der Waals surface area contributed by atoms with Crippen molar-refractivity contribution < 1.29 is 0 Å². The van der Waals surface area contributed by atoms with Crippen LogP contribution in [0, 0.1) is 0 Å². The highest BCUT2D eigenvalue weighted by molar-refractivity contribution is 4.82. The van der Waals surface area contributed by atoms with Gasteiger partial charge in [0.25, 0.3) is 0 Å². The molecule has 0 aromatic heterocycles. The minimum atomic E-state index is 0.658. The normalized spacial score (nSPS) is 27.5. The number of rotatable bonds is 4. The van der Waals surface area contributed by atoms with E-state index in [0.29, 0.717) is 6.04 Å². The van der Waals surface area contributed by atoms with Crippen LogP contribution in [0.1, 0.15) is 39.5 Å². The fourth-order valence-electron chi connectivity index (χ4n) is 2.24. The molecule has 1 saturated heterocycles. The molecule has 0 amide bonds. The highest BCUT2D eigenvalue weighted by atomic mass is 15.2. The molecule has 2 unspecified atom stereocenters. The molecule has 0 aromatic rings. The standard InChI is InChI=1S/C11H24N2/c1-4-8-12-10(2)11-7-5-6-9-13(11)3/h10-12H,4-9H2,1-3H3. The summed E-state index contributed by atoms with van der Waals surface area (Å²) in [5, 5.41) is 3.59. The molecule has 0 bridgehead atoms. The minimum Gasteiger partial charge on any atom is -0.313 e. The Morgan fingerprint density at radius 1 is 1.46 bits per heavy atom. The molecule has 1 aliphatic heterocycles. The third kappa shape index (κ3) is 3.28. The minimum absolute atomic E-state index is 0.658. The third-order valence-corrected chi connectivity index (χ3v) is 3.12. The smallest absolute Gasteiger partial charge is 0.0243 e. The van der Waals surface area contributed by atoms with E-state index in [9.17, 15) is 0 Å². The van der Waals surface area contributed by atoms with E-state index in [1.807, 2.05) is 0 Å². The van der Waals surface area contributed by atoms with Crippen molar-refractivity contribution in [1.29, 1.82) is 0 Å². The summed E-state index contributed by atoms with van der Waals surface area (Å²) in [7, 11) is 2.26. The van der Waals surface area contributed by atoms with Crippen LogP contribution in [-0.4, -0.2) is 37.1 Å². The van der Waals surface area contributed by atoms with Gasteiger partial charge in [0.05, 0.1) is 0 Å². The summed E-state index contributed by atoms with van der Waals surface area (Å²) in [6.07, 6.45) is 5.40. The summed E-state index contributed by atoms with van der Waals surface area (Å²) >= 11 is 0. The summed E-state index contributed by atoms with van der Waals surface area (Å²) in [6.45, 7) is 6.99. The molecular formula is C11H24N2. The van der Waals surface area contributed by atoms with Crippen LogP contribution in [0.25, 0.3) is 0 Å². The van der Waals surface area contributed by atoms with Gasteiger partial charge in [-0.1, -0.05) is 13.3 Å². The van der Waals surface area contributed by atoms with Gasteiger partial charge in [-0.2, -0.15) is 0 Å². The van der Waals surface area contributed by atoms with Gasteiger partial charge in [-0.3, -0.25) is 0 Å². The lowest BCUT2D eigenvalue weighted by Crippen LogP contribution is -2.49. The van der Waals surface area contributed by atoms with Crippen LogP contribution in [0.3, 0.4) is 0 Å². The Balaban J connectivity index is 2.30. The molecule has 1 heterocycles. The maximum absolute atomic E-state index is 3.59. The molecule has 13 heavy (non-hydrogen) atoms. The van der Waals surface area contributed by atoms with Gasteiger partial charge in [-0.15, -0.1) is 0 Å². The second-order valence-corrected chi connectivity index (χ2v) is 4.29. The molecule has 1 aliphatic rings. The van der Waals surface area contributed by atoms with E-state index in [-0.39, 0.29) is 0 Å². The maximum Gasteiger partial charge on any atom is 0.0243 e. The second-order valence-electron chi connectivity index (χ2n) is 4.29. The first-order valence-electron chi connectivity index (χ1n) is 5.69. The molecule has 2 heteroatoms. The Hall–Kier alpha value is -0.0800. The lowest BCUT2D eigenvalue weighted by Gasteiger charge is -2.37. The average Bonchev–Trinajstić information content (AvgIpc) is 2.15. The zero-order chi connectivity index (χ0) is 9.68. The van der Waals surface area contributed by atoms with Crippen LogP contribution in [0.2, 0.25) is 0 Å². The van der Waals surface area contributed by atoms with Gasteiger partial charge in [0.2, 0.25) is 0 Å². The lowest BCUT2D eigenvalue weighted by atomic mass is 9.97. The van der Waals surface area contributed by atoms with Gasteiger partial charge >= 0.3 is 0 Å². The van der Waals surface area contributed by atoms with Gasteiger partial charge in [0.1, 0.15) is 0 Å². The van der Waals surface area contributed by atoms with Gasteiger partial charge in [-0.25, -0.2) is 0 Å². The van der Waals surface area contributed by atoms with Crippen LogP contribution < -0.4 is 5.32 Å². The van der Waals surface area contributed by atoms with E-state index in [2.05, 4.69) is 31.1 Å². The fraction of sp³-hybridized carbons (Fsp3) is 1.00. The molecule has 0 aliphatic carbocycles. The molecule has 2 nitrogen and oxygen atoms in total. The van der Waals surface area contributed by atoms with Crippen molar-refractivity contribution in [1.82, 2.24) is 10.2 Å².